The summed E-state index contributed by atoms with van der Waals surface area (Å²) in [6.07, 6.45) is 1.97. The van der Waals surface area contributed by atoms with E-state index in [2.05, 4.69) is 54.9 Å². The van der Waals surface area contributed by atoms with Gasteiger partial charge in [0.15, 0.2) is 5.17 Å². The highest BCUT2D eigenvalue weighted by Gasteiger charge is 2.34. The van der Waals surface area contributed by atoms with Gasteiger partial charge < -0.3 is 4.74 Å². The minimum atomic E-state index is -0.0265. The van der Waals surface area contributed by atoms with E-state index in [1.165, 1.54) is 17.3 Å². The third-order valence-electron chi connectivity index (χ3n) is 6.21. The number of ether oxygens (including phenoxy) is 1. The summed E-state index contributed by atoms with van der Waals surface area (Å²) in [5, 5.41) is 2.84. The summed E-state index contributed by atoms with van der Waals surface area (Å²) >= 11 is 4.91. The van der Waals surface area contributed by atoms with Crippen LogP contribution in [0.3, 0.4) is 0 Å². The van der Waals surface area contributed by atoms with Crippen LogP contribution < -0.4 is 4.74 Å². The summed E-state index contributed by atoms with van der Waals surface area (Å²) in [5.74, 6) is 1.03. The van der Waals surface area contributed by atoms with Crippen LogP contribution in [-0.2, 0) is 11.4 Å². The van der Waals surface area contributed by atoms with Crippen molar-refractivity contribution in [3.05, 3.63) is 111 Å². The van der Waals surface area contributed by atoms with Gasteiger partial charge in [0.05, 0.1) is 10.6 Å². The van der Waals surface area contributed by atoms with Gasteiger partial charge in [-0.2, -0.15) is 0 Å². The monoisotopic (exact) mass is 584 g/mol. The summed E-state index contributed by atoms with van der Waals surface area (Å²) in [7, 11) is 0. The van der Waals surface area contributed by atoms with Crippen LogP contribution in [0, 0.1) is 12.8 Å². The molecule has 0 aliphatic carbocycles. The van der Waals surface area contributed by atoms with Gasteiger partial charge in [-0.3, -0.25) is 9.69 Å². The van der Waals surface area contributed by atoms with Gasteiger partial charge in [0, 0.05) is 16.6 Å². The van der Waals surface area contributed by atoms with Crippen molar-refractivity contribution in [3.8, 4) is 5.75 Å². The van der Waals surface area contributed by atoms with Crippen LogP contribution in [0.25, 0.3) is 16.8 Å². The van der Waals surface area contributed by atoms with Crippen LogP contribution in [0.5, 0.6) is 5.75 Å². The average Bonchev–Trinajstić information content (AvgIpc) is 3.19. The maximum atomic E-state index is 13.7. The number of hydrogen-bond acceptors (Lipinski definition) is 4. The summed E-state index contributed by atoms with van der Waals surface area (Å²) in [5.41, 5.74) is 3.99. The first kappa shape index (κ1) is 26.3. The molecule has 0 N–H and O–H groups in total. The van der Waals surface area contributed by atoms with Crippen LogP contribution in [0.4, 0.5) is 5.69 Å². The topological polar surface area (TPSA) is 41.9 Å². The summed E-state index contributed by atoms with van der Waals surface area (Å²) in [4.78, 5) is 21.0. The Morgan fingerprint density at radius 2 is 1.71 bits per heavy atom. The predicted molar refractivity (Wildman–Crippen MR) is 163 cm³/mol. The molecule has 192 valence electrons. The summed E-state index contributed by atoms with van der Waals surface area (Å²) < 4.78 is 7.35. The zero-order chi connectivity index (χ0) is 26.6. The SMILES string of the molecule is Cc1ccc(N=C2S/C(=C/c3c(OCc4ccc(Br)cc4)ccc4ccccc34)C(=O)N2CC(C)C)cc1. The third kappa shape index (κ3) is 6.03. The quantitative estimate of drug-likeness (QED) is 0.204. The highest BCUT2D eigenvalue weighted by Crippen LogP contribution is 2.38. The van der Waals surface area contributed by atoms with E-state index in [9.17, 15) is 4.79 Å². The summed E-state index contributed by atoms with van der Waals surface area (Å²) in [6, 6.07) is 28.4. The Kier molecular flexibility index (Phi) is 8.01. The molecule has 0 spiro atoms. The number of hydrogen-bond donors (Lipinski definition) is 0. The van der Waals surface area contributed by atoms with E-state index in [4.69, 9.17) is 9.73 Å². The molecule has 0 bridgehead atoms. The predicted octanol–water partition coefficient (Wildman–Crippen LogP) is 8.75. The lowest BCUT2D eigenvalue weighted by molar-refractivity contribution is -0.122. The summed E-state index contributed by atoms with van der Waals surface area (Å²) in [6.45, 7) is 7.32. The number of fused-ring (bicyclic) bond motifs is 1. The van der Waals surface area contributed by atoms with Crippen molar-refractivity contribution in [2.24, 2.45) is 10.9 Å². The van der Waals surface area contributed by atoms with E-state index in [-0.39, 0.29) is 5.91 Å². The van der Waals surface area contributed by atoms with Gasteiger partial charge >= 0.3 is 0 Å². The van der Waals surface area contributed by atoms with Crippen molar-refractivity contribution in [1.29, 1.82) is 0 Å². The maximum absolute atomic E-state index is 13.7. The highest BCUT2D eigenvalue weighted by molar-refractivity contribution is 9.10. The molecule has 4 nitrogen and oxygen atoms in total. The Morgan fingerprint density at radius 1 is 0.974 bits per heavy atom. The zero-order valence-corrected chi connectivity index (χ0v) is 24.1. The first-order chi connectivity index (χ1) is 18.4. The largest absolute Gasteiger partial charge is 0.488 e. The maximum Gasteiger partial charge on any atom is 0.266 e. The zero-order valence-electron chi connectivity index (χ0n) is 21.6. The van der Waals surface area contributed by atoms with Crippen LogP contribution in [0.2, 0.25) is 0 Å². The third-order valence-corrected chi connectivity index (χ3v) is 7.74. The number of carbonyl (C=O) groups excluding carboxylic acids is 1. The molecule has 0 unspecified atom stereocenters. The first-order valence-electron chi connectivity index (χ1n) is 12.6. The van der Waals surface area contributed by atoms with E-state index >= 15 is 0 Å². The second-order valence-electron chi connectivity index (χ2n) is 9.76. The standard InChI is InChI=1S/C32H29BrN2O2S/c1-21(2)19-35-31(36)30(38-32(35)34-26-15-8-22(3)9-16-26)18-28-27-7-5-4-6-24(27)12-17-29(28)37-20-23-10-13-25(33)14-11-23/h4-18,21H,19-20H2,1-3H3/b30-18+,34-32?. The van der Waals surface area contributed by atoms with Crippen LogP contribution >= 0.6 is 27.7 Å². The minimum Gasteiger partial charge on any atom is -0.488 e. The van der Waals surface area contributed by atoms with Gasteiger partial charge in [0.2, 0.25) is 0 Å². The number of thioether (sulfide) groups is 1. The van der Waals surface area contributed by atoms with Gasteiger partial charge in [-0.05, 0) is 77.3 Å². The van der Waals surface area contributed by atoms with E-state index in [0.29, 0.717) is 29.1 Å². The van der Waals surface area contributed by atoms with Crippen LogP contribution in [0.15, 0.2) is 99.3 Å². The van der Waals surface area contributed by atoms with E-state index in [1.54, 1.807) is 4.90 Å². The number of rotatable bonds is 7. The van der Waals surface area contributed by atoms with Crippen molar-refractivity contribution in [1.82, 2.24) is 4.90 Å². The lowest BCUT2D eigenvalue weighted by atomic mass is 10.0. The van der Waals surface area contributed by atoms with Gasteiger partial charge in [0.25, 0.3) is 5.91 Å². The number of aliphatic imine (C=N–C) groups is 1. The second kappa shape index (κ2) is 11.6. The fraction of sp³-hybridized carbons (Fsp3) is 0.188. The number of carbonyl (C=O) groups is 1. The second-order valence-corrected chi connectivity index (χ2v) is 11.7. The molecule has 38 heavy (non-hydrogen) atoms. The number of halogens is 1. The fourth-order valence-corrected chi connectivity index (χ4v) is 5.52. The number of aryl methyl sites for hydroxylation is 1. The molecule has 0 radical (unpaired) electrons. The Labute approximate surface area is 236 Å². The Hall–Kier alpha value is -3.35. The minimum absolute atomic E-state index is 0.0265. The van der Waals surface area contributed by atoms with E-state index in [1.807, 2.05) is 72.8 Å². The molecule has 1 amide bonds. The van der Waals surface area contributed by atoms with Crippen molar-refractivity contribution < 1.29 is 9.53 Å². The molecule has 0 atom stereocenters. The van der Waals surface area contributed by atoms with Crippen molar-refractivity contribution >= 4 is 61.3 Å². The van der Waals surface area contributed by atoms with Gasteiger partial charge in [-0.25, -0.2) is 4.99 Å². The average molecular weight is 586 g/mol. The first-order valence-corrected chi connectivity index (χ1v) is 14.2. The lowest BCUT2D eigenvalue weighted by Gasteiger charge is -2.17. The van der Waals surface area contributed by atoms with E-state index < -0.39 is 0 Å². The molecule has 4 aromatic carbocycles. The Morgan fingerprint density at radius 3 is 2.45 bits per heavy atom. The number of nitrogens with zero attached hydrogens (tertiary/aromatic N) is 2. The van der Waals surface area contributed by atoms with Gasteiger partial charge in [0.1, 0.15) is 12.4 Å². The van der Waals surface area contributed by atoms with Gasteiger partial charge in [-0.1, -0.05) is 89.9 Å². The fourth-order valence-electron chi connectivity index (χ4n) is 4.27. The Bertz CT molecular complexity index is 1530. The molecule has 1 fully saturated rings. The molecule has 1 saturated heterocycles. The van der Waals surface area contributed by atoms with Crippen molar-refractivity contribution in [3.63, 3.8) is 0 Å². The number of benzene rings is 4. The normalized spacial score (nSPS) is 15.8. The highest BCUT2D eigenvalue weighted by atomic mass is 79.9. The van der Waals surface area contributed by atoms with Crippen molar-refractivity contribution in [2.45, 2.75) is 27.4 Å². The lowest BCUT2D eigenvalue weighted by Crippen LogP contribution is -2.32. The van der Waals surface area contributed by atoms with Crippen molar-refractivity contribution in [2.75, 3.05) is 6.54 Å². The van der Waals surface area contributed by atoms with Crippen LogP contribution in [0.1, 0.15) is 30.5 Å². The van der Waals surface area contributed by atoms with Crippen LogP contribution in [-0.4, -0.2) is 22.5 Å². The molecular formula is C32H29BrN2O2S. The molecule has 1 heterocycles. The molecule has 0 saturated carbocycles. The molecule has 1 aliphatic heterocycles. The molecule has 6 heteroatoms. The molecular weight excluding hydrogens is 556 g/mol. The number of amidine groups is 1. The smallest absolute Gasteiger partial charge is 0.266 e. The van der Waals surface area contributed by atoms with E-state index in [0.717, 1.165) is 37.8 Å². The molecule has 0 aromatic heterocycles. The van der Waals surface area contributed by atoms with Gasteiger partial charge in [-0.15, -0.1) is 0 Å². The molecule has 5 rings (SSSR count). The molecule has 4 aromatic rings. The number of amides is 1. The molecule has 1 aliphatic rings. The Balaban J connectivity index is 1.54.